The number of nitrogens with zero attached hydrogens (tertiary/aromatic N) is 3. The summed E-state index contributed by atoms with van der Waals surface area (Å²) in [5.41, 5.74) is 0.848. The van der Waals surface area contributed by atoms with Gasteiger partial charge < -0.3 is 10.2 Å². The third-order valence-corrected chi connectivity index (χ3v) is 4.80. The molecule has 1 fully saturated rings. The molecule has 0 spiro atoms. The van der Waals surface area contributed by atoms with Crippen molar-refractivity contribution < 1.29 is 4.79 Å². The number of aromatic nitrogens is 1. The highest BCUT2D eigenvalue weighted by Gasteiger charge is 2.26. The Morgan fingerprint density at radius 1 is 1.23 bits per heavy atom. The fourth-order valence-electron chi connectivity index (χ4n) is 2.61. The third-order valence-electron chi connectivity index (χ3n) is 3.97. The average molecular weight is 316 g/mol. The summed E-state index contributed by atoms with van der Waals surface area (Å²) in [5, 5.41) is 6.04. The van der Waals surface area contributed by atoms with Crippen molar-refractivity contribution in [2.45, 2.75) is 13.0 Å². The number of rotatable bonds is 4. The minimum atomic E-state index is -0.126. The molecule has 1 aliphatic heterocycles. The van der Waals surface area contributed by atoms with Gasteiger partial charge in [0, 0.05) is 43.4 Å². The molecule has 0 bridgehead atoms. The predicted molar refractivity (Wildman–Crippen MR) is 90.4 cm³/mol. The van der Waals surface area contributed by atoms with Crippen molar-refractivity contribution in [1.82, 2.24) is 9.88 Å². The quantitative estimate of drug-likeness (QED) is 0.940. The largest absolute Gasteiger partial charge is 0.346 e. The Morgan fingerprint density at radius 3 is 2.59 bits per heavy atom. The Morgan fingerprint density at radius 2 is 1.95 bits per heavy atom. The normalized spacial score (nSPS) is 17.2. The van der Waals surface area contributed by atoms with Gasteiger partial charge in [0.1, 0.15) is 0 Å². The van der Waals surface area contributed by atoms with Gasteiger partial charge in [0.25, 0.3) is 0 Å². The highest BCUT2D eigenvalue weighted by atomic mass is 32.1. The molecule has 6 heteroatoms. The zero-order valence-corrected chi connectivity index (χ0v) is 13.4. The maximum absolute atomic E-state index is 12.3. The number of hydrogen-bond donors (Lipinski definition) is 1. The van der Waals surface area contributed by atoms with Gasteiger partial charge in [-0.05, 0) is 19.1 Å². The van der Waals surface area contributed by atoms with Crippen LogP contribution in [0.4, 0.5) is 10.8 Å². The lowest BCUT2D eigenvalue weighted by molar-refractivity contribution is -0.120. The van der Waals surface area contributed by atoms with E-state index < -0.39 is 0 Å². The first-order valence-electron chi connectivity index (χ1n) is 7.48. The average Bonchev–Trinajstić information content (AvgIpc) is 3.10. The van der Waals surface area contributed by atoms with Gasteiger partial charge in [-0.1, -0.05) is 18.2 Å². The predicted octanol–water partition coefficient (Wildman–Crippen LogP) is 2.29. The van der Waals surface area contributed by atoms with E-state index in [1.807, 2.05) is 48.8 Å². The van der Waals surface area contributed by atoms with Crippen LogP contribution in [0.2, 0.25) is 0 Å². The zero-order chi connectivity index (χ0) is 15.4. The summed E-state index contributed by atoms with van der Waals surface area (Å²) >= 11 is 1.66. The maximum Gasteiger partial charge on any atom is 0.241 e. The number of piperazine rings is 1. The molecule has 1 N–H and O–H groups in total. The van der Waals surface area contributed by atoms with E-state index in [-0.39, 0.29) is 11.9 Å². The first-order valence-corrected chi connectivity index (χ1v) is 8.36. The number of carbonyl (C=O) groups excluding carboxylic acids is 1. The van der Waals surface area contributed by atoms with Gasteiger partial charge >= 0.3 is 0 Å². The summed E-state index contributed by atoms with van der Waals surface area (Å²) in [4.78, 5) is 21.2. The number of anilines is 2. The van der Waals surface area contributed by atoms with E-state index in [0.717, 1.165) is 37.0 Å². The van der Waals surface area contributed by atoms with Gasteiger partial charge in [0.2, 0.25) is 5.91 Å². The summed E-state index contributed by atoms with van der Waals surface area (Å²) in [5.74, 6) is 0.0499. The first kappa shape index (κ1) is 15.0. The molecule has 2 heterocycles. The SMILES string of the molecule is C[C@@H](C(=O)Nc1ccccc1)N1CCN(c2nccs2)CC1. The van der Waals surface area contributed by atoms with Gasteiger partial charge in [0.15, 0.2) is 5.13 Å². The van der Waals surface area contributed by atoms with Crippen LogP contribution >= 0.6 is 11.3 Å². The Hall–Kier alpha value is -1.92. The van der Waals surface area contributed by atoms with E-state index in [1.54, 1.807) is 11.3 Å². The van der Waals surface area contributed by atoms with Crippen molar-refractivity contribution in [2.24, 2.45) is 0 Å². The van der Waals surface area contributed by atoms with Gasteiger partial charge in [-0.2, -0.15) is 0 Å². The van der Waals surface area contributed by atoms with Crippen LogP contribution < -0.4 is 10.2 Å². The summed E-state index contributed by atoms with van der Waals surface area (Å²) in [6, 6.07) is 9.48. The number of thiazole rings is 1. The minimum Gasteiger partial charge on any atom is -0.346 e. The molecule has 2 aromatic rings. The lowest BCUT2D eigenvalue weighted by Crippen LogP contribution is -2.52. The van der Waals surface area contributed by atoms with Crippen LogP contribution in [-0.4, -0.2) is 48.0 Å². The summed E-state index contributed by atoms with van der Waals surface area (Å²) in [7, 11) is 0. The molecule has 1 saturated heterocycles. The van der Waals surface area contributed by atoms with Crippen LogP contribution in [0.1, 0.15) is 6.92 Å². The van der Waals surface area contributed by atoms with Crippen LogP contribution in [0, 0.1) is 0 Å². The monoisotopic (exact) mass is 316 g/mol. The Bertz CT molecular complexity index is 594. The van der Waals surface area contributed by atoms with E-state index in [2.05, 4.69) is 20.1 Å². The molecule has 0 radical (unpaired) electrons. The maximum atomic E-state index is 12.3. The van der Waals surface area contributed by atoms with Crippen molar-refractivity contribution in [2.75, 3.05) is 36.4 Å². The summed E-state index contributed by atoms with van der Waals surface area (Å²) < 4.78 is 0. The second-order valence-electron chi connectivity index (χ2n) is 5.37. The van der Waals surface area contributed by atoms with Crippen LogP contribution in [0.15, 0.2) is 41.9 Å². The lowest BCUT2D eigenvalue weighted by atomic mass is 10.2. The highest BCUT2D eigenvalue weighted by molar-refractivity contribution is 7.13. The molecular weight excluding hydrogens is 296 g/mol. The highest BCUT2D eigenvalue weighted by Crippen LogP contribution is 2.19. The van der Waals surface area contributed by atoms with E-state index >= 15 is 0 Å². The zero-order valence-electron chi connectivity index (χ0n) is 12.6. The molecule has 3 rings (SSSR count). The summed E-state index contributed by atoms with van der Waals surface area (Å²) in [6.07, 6.45) is 1.84. The van der Waals surface area contributed by atoms with Crippen LogP contribution in [0.5, 0.6) is 0 Å². The Kier molecular flexibility index (Phi) is 4.70. The molecule has 116 valence electrons. The molecule has 1 atom stereocenters. The number of hydrogen-bond acceptors (Lipinski definition) is 5. The number of benzene rings is 1. The number of para-hydroxylation sites is 1. The van der Waals surface area contributed by atoms with Crippen LogP contribution in [0.25, 0.3) is 0 Å². The van der Waals surface area contributed by atoms with Gasteiger partial charge in [-0.15, -0.1) is 11.3 Å². The minimum absolute atomic E-state index is 0.0499. The molecule has 0 saturated carbocycles. The number of nitrogens with one attached hydrogen (secondary N) is 1. The molecule has 1 aromatic heterocycles. The topological polar surface area (TPSA) is 48.5 Å². The van der Waals surface area contributed by atoms with Crippen molar-refractivity contribution in [3.05, 3.63) is 41.9 Å². The molecule has 5 nitrogen and oxygen atoms in total. The van der Waals surface area contributed by atoms with Crippen LogP contribution in [0.3, 0.4) is 0 Å². The van der Waals surface area contributed by atoms with Crippen molar-refractivity contribution in [3.63, 3.8) is 0 Å². The number of carbonyl (C=O) groups is 1. The molecule has 1 aromatic carbocycles. The second-order valence-corrected chi connectivity index (χ2v) is 6.24. The van der Waals surface area contributed by atoms with Crippen molar-refractivity contribution >= 4 is 28.1 Å². The standard InChI is InChI=1S/C16H20N4OS/c1-13(15(21)18-14-5-3-2-4-6-14)19-8-10-20(11-9-19)16-17-7-12-22-16/h2-7,12-13H,8-11H2,1H3,(H,18,21)/t13-/m0/s1. The fourth-order valence-corrected chi connectivity index (χ4v) is 3.30. The van der Waals surface area contributed by atoms with E-state index in [1.165, 1.54) is 0 Å². The lowest BCUT2D eigenvalue weighted by Gasteiger charge is -2.37. The molecule has 1 amide bonds. The molecule has 0 unspecified atom stereocenters. The van der Waals surface area contributed by atoms with Gasteiger partial charge in [0.05, 0.1) is 6.04 Å². The molecule has 22 heavy (non-hydrogen) atoms. The van der Waals surface area contributed by atoms with Gasteiger partial charge in [-0.25, -0.2) is 4.98 Å². The molecular formula is C16H20N4OS. The summed E-state index contributed by atoms with van der Waals surface area (Å²) in [6.45, 7) is 5.55. The second kappa shape index (κ2) is 6.89. The van der Waals surface area contributed by atoms with E-state index in [9.17, 15) is 4.79 Å². The Balaban J connectivity index is 1.53. The first-order chi connectivity index (χ1) is 10.7. The third kappa shape index (κ3) is 3.45. The van der Waals surface area contributed by atoms with Crippen molar-refractivity contribution in [1.29, 1.82) is 0 Å². The van der Waals surface area contributed by atoms with E-state index in [4.69, 9.17) is 0 Å². The fraction of sp³-hybridized carbons (Fsp3) is 0.375. The molecule has 0 aliphatic carbocycles. The molecule has 1 aliphatic rings. The van der Waals surface area contributed by atoms with Gasteiger partial charge in [-0.3, -0.25) is 9.69 Å². The van der Waals surface area contributed by atoms with Crippen molar-refractivity contribution in [3.8, 4) is 0 Å². The van der Waals surface area contributed by atoms with Crippen LogP contribution in [-0.2, 0) is 4.79 Å². The van der Waals surface area contributed by atoms with E-state index in [0.29, 0.717) is 0 Å². The smallest absolute Gasteiger partial charge is 0.241 e. The Labute approximate surface area is 134 Å². The number of amides is 1.